The fraction of sp³-hybridized carbons (Fsp3) is 0.462. The molecule has 106 valence electrons. The van der Waals surface area contributed by atoms with Gasteiger partial charge in [-0.05, 0) is 0 Å². The summed E-state index contributed by atoms with van der Waals surface area (Å²) in [6.07, 6.45) is 0. The van der Waals surface area contributed by atoms with Gasteiger partial charge >= 0.3 is 5.97 Å². The molecule has 0 saturated heterocycles. The second-order valence-corrected chi connectivity index (χ2v) is 4.10. The minimum atomic E-state index is -0.979. The van der Waals surface area contributed by atoms with Gasteiger partial charge in [0.2, 0.25) is 0 Å². The first-order valence-electron chi connectivity index (χ1n) is 5.74. The van der Waals surface area contributed by atoms with Crippen LogP contribution in [-0.2, 0) is 4.79 Å². The van der Waals surface area contributed by atoms with E-state index >= 15 is 0 Å². The Labute approximate surface area is 112 Å². The predicted octanol–water partition coefficient (Wildman–Crippen LogP) is 1.43. The van der Waals surface area contributed by atoms with Crippen LogP contribution < -0.4 is 19.9 Å². The quantitative estimate of drug-likeness (QED) is 0.811. The smallest absolute Gasteiger partial charge is 0.308 e. The highest BCUT2D eigenvalue weighted by Gasteiger charge is 2.28. The third-order valence-corrected chi connectivity index (χ3v) is 3.01. The van der Waals surface area contributed by atoms with Crippen molar-refractivity contribution in [3.8, 4) is 17.2 Å². The first-order chi connectivity index (χ1) is 8.96. The van der Waals surface area contributed by atoms with Crippen LogP contribution in [-0.4, -0.2) is 32.4 Å². The number of methoxy groups -OCH3 is 3. The topological polar surface area (TPSA) is 91.0 Å². The van der Waals surface area contributed by atoms with Crippen LogP contribution in [0.1, 0.15) is 18.5 Å². The molecule has 0 radical (unpaired) electrons. The highest BCUT2D eigenvalue weighted by molar-refractivity contribution is 5.71. The number of carboxylic acids is 1. The average Bonchev–Trinajstić information content (AvgIpc) is 2.43. The van der Waals surface area contributed by atoms with E-state index in [2.05, 4.69) is 0 Å². The highest BCUT2D eigenvalue weighted by atomic mass is 16.5. The number of nitrogens with two attached hydrogens (primary N) is 1. The predicted molar refractivity (Wildman–Crippen MR) is 69.8 cm³/mol. The van der Waals surface area contributed by atoms with Gasteiger partial charge < -0.3 is 25.1 Å². The molecule has 0 aliphatic rings. The number of carbonyl (C=O) groups is 1. The van der Waals surface area contributed by atoms with Crippen molar-refractivity contribution in [2.45, 2.75) is 13.0 Å². The molecule has 2 atom stereocenters. The SMILES string of the molecule is COc1cc(OC)c(C(N)C(C)C(=O)O)c(OC)c1. The molecule has 0 amide bonds. The third-order valence-electron chi connectivity index (χ3n) is 3.01. The lowest BCUT2D eigenvalue weighted by atomic mass is 9.93. The molecule has 19 heavy (non-hydrogen) atoms. The van der Waals surface area contributed by atoms with Crippen LogP contribution in [0.4, 0.5) is 0 Å². The van der Waals surface area contributed by atoms with Gasteiger partial charge in [0, 0.05) is 12.1 Å². The molecule has 0 bridgehead atoms. The minimum Gasteiger partial charge on any atom is -0.496 e. The maximum Gasteiger partial charge on any atom is 0.308 e. The molecule has 2 unspecified atom stereocenters. The Kier molecular flexibility index (Phi) is 5.00. The van der Waals surface area contributed by atoms with Crippen molar-refractivity contribution < 1.29 is 24.1 Å². The molecule has 3 N–H and O–H groups in total. The summed E-state index contributed by atoms with van der Waals surface area (Å²) in [5.41, 5.74) is 6.52. The molecule has 0 fully saturated rings. The monoisotopic (exact) mass is 269 g/mol. The Morgan fingerprint density at radius 1 is 1.16 bits per heavy atom. The van der Waals surface area contributed by atoms with Gasteiger partial charge in [0.1, 0.15) is 17.2 Å². The average molecular weight is 269 g/mol. The van der Waals surface area contributed by atoms with Crippen LogP contribution in [0.15, 0.2) is 12.1 Å². The van der Waals surface area contributed by atoms with E-state index in [9.17, 15) is 4.79 Å². The van der Waals surface area contributed by atoms with Crippen LogP contribution in [0.2, 0.25) is 0 Å². The zero-order chi connectivity index (χ0) is 14.6. The van der Waals surface area contributed by atoms with Crippen LogP contribution in [0.5, 0.6) is 17.2 Å². The summed E-state index contributed by atoms with van der Waals surface area (Å²) in [5.74, 6) is -0.315. The molecule has 1 aromatic carbocycles. The van der Waals surface area contributed by atoms with E-state index in [1.165, 1.54) is 28.3 Å². The molecule has 0 heterocycles. The molecule has 6 heteroatoms. The third kappa shape index (κ3) is 3.08. The highest BCUT2D eigenvalue weighted by Crippen LogP contribution is 2.39. The van der Waals surface area contributed by atoms with Crippen LogP contribution in [0, 0.1) is 5.92 Å². The zero-order valence-electron chi connectivity index (χ0n) is 11.5. The van der Waals surface area contributed by atoms with Crippen molar-refractivity contribution in [3.63, 3.8) is 0 Å². The lowest BCUT2D eigenvalue weighted by molar-refractivity contribution is -0.141. The Morgan fingerprint density at radius 2 is 1.63 bits per heavy atom. The van der Waals surface area contributed by atoms with Crippen LogP contribution >= 0.6 is 0 Å². The first kappa shape index (κ1) is 15.1. The van der Waals surface area contributed by atoms with E-state index in [1.54, 1.807) is 12.1 Å². The Morgan fingerprint density at radius 3 is 1.95 bits per heavy atom. The molecule has 0 aromatic heterocycles. The number of hydrogen-bond donors (Lipinski definition) is 2. The fourth-order valence-corrected chi connectivity index (χ4v) is 1.76. The van der Waals surface area contributed by atoms with E-state index in [0.29, 0.717) is 22.8 Å². The Bertz CT molecular complexity index is 435. The molecular formula is C13H19NO5. The first-order valence-corrected chi connectivity index (χ1v) is 5.74. The molecule has 0 spiro atoms. The number of ether oxygens (including phenoxy) is 3. The standard InChI is InChI=1S/C13H19NO5/c1-7(13(15)16)12(14)11-9(18-3)5-8(17-2)6-10(11)19-4/h5-7,12H,14H2,1-4H3,(H,15,16). The molecule has 1 rings (SSSR count). The number of hydrogen-bond acceptors (Lipinski definition) is 5. The molecule has 1 aromatic rings. The number of benzene rings is 1. The van der Waals surface area contributed by atoms with E-state index < -0.39 is 17.9 Å². The van der Waals surface area contributed by atoms with Gasteiger partial charge in [-0.2, -0.15) is 0 Å². The minimum absolute atomic E-state index is 0.441. The summed E-state index contributed by atoms with van der Waals surface area (Å²) >= 11 is 0. The fourth-order valence-electron chi connectivity index (χ4n) is 1.76. The lowest BCUT2D eigenvalue weighted by Crippen LogP contribution is -2.26. The summed E-state index contributed by atoms with van der Waals surface area (Å²) < 4.78 is 15.6. The largest absolute Gasteiger partial charge is 0.496 e. The van der Waals surface area contributed by atoms with Crippen molar-refractivity contribution in [3.05, 3.63) is 17.7 Å². The lowest BCUT2D eigenvalue weighted by Gasteiger charge is -2.22. The van der Waals surface area contributed by atoms with E-state index in [1.807, 2.05) is 0 Å². The number of rotatable bonds is 6. The number of aliphatic carboxylic acids is 1. The van der Waals surface area contributed by atoms with Gasteiger partial charge in [0.15, 0.2) is 0 Å². The van der Waals surface area contributed by atoms with Crippen molar-refractivity contribution in [2.24, 2.45) is 11.7 Å². The maximum absolute atomic E-state index is 11.1. The maximum atomic E-state index is 11.1. The van der Waals surface area contributed by atoms with Crippen LogP contribution in [0.25, 0.3) is 0 Å². The summed E-state index contributed by atoms with van der Waals surface area (Å²) in [7, 11) is 4.49. The molecule has 0 aliphatic carbocycles. The second kappa shape index (κ2) is 6.29. The molecule has 0 saturated carbocycles. The van der Waals surface area contributed by atoms with Gasteiger partial charge in [0.05, 0.1) is 38.9 Å². The zero-order valence-corrected chi connectivity index (χ0v) is 11.5. The van der Waals surface area contributed by atoms with Crippen molar-refractivity contribution >= 4 is 5.97 Å². The molecule has 6 nitrogen and oxygen atoms in total. The van der Waals surface area contributed by atoms with E-state index in [0.717, 1.165) is 0 Å². The summed E-state index contributed by atoms with van der Waals surface area (Å²) in [6.45, 7) is 1.54. The van der Waals surface area contributed by atoms with Crippen LogP contribution in [0.3, 0.4) is 0 Å². The van der Waals surface area contributed by atoms with Gasteiger partial charge in [-0.3, -0.25) is 4.79 Å². The van der Waals surface area contributed by atoms with Gasteiger partial charge in [-0.25, -0.2) is 0 Å². The molecule has 0 aliphatic heterocycles. The van der Waals surface area contributed by atoms with Gasteiger partial charge in [0.25, 0.3) is 0 Å². The summed E-state index contributed by atoms with van der Waals surface area (Å²) in [5, 5.41) is 9.06. The Balaban J connectivity index is 3.35. The normalized spacial score (nSPS) is 13.5. The number of carboxylic acid groups (broad SMARTS) is 1. The second-order valence-electron chi connectivity index (χ2n) is 4.10. The van der Waals surface area contributed by atoms with Crippen molar-refractivity contribution in [2.75, 3.05) is 21.3 Å². The van der Waals surface area contributed by atoms with E-state index in [-0.39, 0.29) is 0 Å². The van der Waals surface area contributed by atoms with Gasteiger partial charge in [-0.15, -0.1) is 0 Å². The van der Waals surface area contributed by atoms with Crippen molar-refractivity contribution in [1.82, 2.24) is 0 Å². The van der Waals surface area contributed by atoms with E-state index in [4.69, 9.17) is 25.1 Å². The summed E-state index contributed by atoms with van der Waals surface area (Å²) in [6, 6.07) is 2.55. The van der Waals surface area contributed by atoms with Crippen molar-refractivity contribution in [1.29, 1.82) is 0 Å². The summed E-state index contributed by atoms with van der Waals surface area (Å²) in [4.78, 5) is 11.1. The molecular weight excluding hydrogens is 250 g/mol. The Hall–Kier alpha value is -1.95. The van der Waals surface area contributed by atoms with Gasteiger partial charge in [-0.1, -0.05) is 6.92 Å².